The van der Waals surface area contributed by atoms with Gasteiger partial charge in [0.25, 0.3) is 6.43 Å². The van der Waals surface area contributed by atoms with E-state index < -0.39 is 24.7 Å². The number of nitrogens with zero attached hydrogens (tertiary/aromatic N) is 2. The molecule has 4 rings (SSSR count). The van der Waals surface area contributed by atoms with Crippen LogP contribution in [0.5, 0.6) is 0 Å². The second-order valence-electron chi connectivity index (χ2n) is 8.42. The standard InChI is InChI=1S/C22H23BF2N2O2/c1-13-9-10-14(12-26-13)19-16(20(24)25)11-15-17(7-6-8-18(15)27-19)23-28-21(2,3)22(4,5)29-23/h6-12,20H,1-5H3. The summed E-state index contributed by atoms with van der Waals surface area (Å²) < 4.78 is 40.2. The number of aromatic nitrogens is 2. The predicted molar refractivity (Wildman–Crippen MR) is 110 cm³/mol. The molecule has 1 aliphatic rings. The van der Waals surface area contributed by atoms with Gasteiger partial charge in [0.2, 0.25) is 0 Å². The number of rotatable bonds is 3. The van der Waals surface area contributed by atoms with E-state index in [0.717, 1.165) is 5.69 Å². The lowest BCUT2D eigenvalue weighted by atomic mass is 9.76. The molecule has 1 saturated heterocycles. The average Bonchev–Trinajstić information content (AvgIpc) is 2.88. The highest BCUT2D eigenvalue weighted by molar-refractivity contribution is 6.65. The van der Waals surface area contributed by atoms with E-state index in [4.69, 9.17) is 9.31 Å². The first-order valence-corrected chi connectivity index (χ1v) is 9.59. The highest BCUT2D eigenvalue weighted by Crippen LogP contribution is 2.38. The van der Waals surface area contributed by atoms with Crippen molar-refractivity contribution in [3.05, 3.63) is 53.9 Å². The van der Waals surface area contributed by atoms with Gasteiger partial charge in [-0.1, -0.05) is 12.1 Å². The second-order valence-corrected chi connectivity index (χ2v) is 8.42. The Morgan fingerprint density at radius 1 is 1.00 bits per heavy atom. The Morgan fingerprint density at radius 3 is 2.28 bits per heavy atom. The molecular weight excluding hydrogens is 373 g/mol. The number of hydrogen-bond donors (Lipinski definition) is 0. The van der Waals surface area contributed by atoms with Crippen LogP contribution in [0.3, 0.4) is 0 Å². The zero-order valence-corrected chi connectivity index (χ0v) is 17.2. The molecule has 29 heavy (non-hydrogen) atoms. The molecule has 2 aromatic heterocycles. The molecule has 150 valence electrons. The van der Waals surface area contributed by atoms with Crippen LogP contribution >= 0.6 is 0 Å². The third kappa shape index (κ3) is 3.42. The molecule has 7 heteroatoms. The van der Waals surface area contributed by atoms with Gasteiger partial charge in [-0.2, -0.15) is 0 Å². The van der Waals surface area contributed by atoms with Crippen molar-refractivity contribution in [1.29, 1.82) is 0 Å². The molecule has 1 aliphatic heterocycles. The van der Waals surface area contributed by atoms with Crippen LogP contribution in [-0.2, 0) is 9.31 Å². The molecule has 0 N–H and O–H groups in total. The van der Waals surface area contributed by atoms with Gasteiger partial charge in [-0.05, 0) is 64.3 Å². The lowest BCUT2D eigenvalue weighted by Gasteiger charge is -2.32. The summed E-state index contributed by atoms with van der Waals surface area (Å²) in [5, 5.41) is 0.602. The van der Waals surface area contributed by atoms with E-state index >= 15 is 0 Å². The molecule has 1 aromatic carbocycles. The third-order valence-electron chi connectivity index (χ3n) is 5.85. The number of fused-ring (bicyclic) bond motifs is 1. The minimum Gasteiger partial charge on any atom is -0.399 e. The van der Waals surface area contributed by atoms with Crippen LogP contribution in [0.4, 0.5) is 8.78 Å². The highest BCUT2D eigenvalue weighted by atomic mass is 19.3. The molecule has 0 amide bonds. The third-order valence-corrected chi connectivity index (χ3v) is 5.85. The van der Waals surface area contributed by atoms with E-state index in [0.29, 0.717) is 21.9 Å². The van der Waals surface area contributed by atoms with E-state index in [2.05, 4.69) is 9.97 Å². The Labute approximate surface area is 169 Å². The summed E-state index contributed by atoms with van der Waals surface area (Å²) in [5.74, 6) is 0. The molecule has 0 aliphatic carbocycles. The van der Waals surface area contributed by atoms with Crippen molar-refractivity contribution in [3.63, 3.8) is 0 Å². The number of aryl methyl sites for hydroxylation is 1. The molecule has 0 spiro atoms. The highest BCUT2D eigenvalue weighted by Gasteiger charge is 2.52. The zero-order valence-electron chi connectivity index (χ0n) is 17.2. The lowest BCUT2D eigenvalue weighted by molar-refractivity contribution is 0.00578. The van der Waals surface area contributed by atoms with Gasteiger partial charge in [-0.25, -0.2) is 13.8 Å². The zero-order chi connectivity index (χ0) is 21.0. The van der Waals surface area contributed by atoms with E-state index in [9.17, 15) is 8.78 Å². The molecule has 0 atom stereocenters. The summed E-state index contributed by atoms with van der Waals surface area (Å²) in [6.07, 6.45) is -1.09. The van der Waals surface area contributed by atoms with Crippen molar-refractivity contribution >= 4 is 23.5 Å². The molecular formula is C22H23BF2N2O2. The van der Waals surface area contributed by atoms with E-state index in [1.54, 1.807) is 18.3 Å². The van der Waals surface area contributed by atoms with Crippen molar-refractivity contribution in [1.82, 2.24) is 9.97 Å². The maximum atomic E-state index is 14.0. The summed E-state index contributed by atoms with van der Waals surface area (Å²) in [6.45, 7) is 9.70. The Bertz CT molecular complexity index is 1050. The van der Waals surface area contributed by atoms with Crippen LogP contribution in [0.2, 0.25) is 0 Å². The molecule has 3 heterocycles. The van der Waals surface area contributed by atoms with Gasteiger partial charge in [0.15, 0.2) is 0 Å². The van der Waals surface area contributed by atoms with Gasteiger partial charge >= 0.3 is 7.12 Å². The fourth-order valence-corrected chi connectivity index (χ4v) is 3.42. The summed E-state index contributed by atoms with van der Waals surface area (Å²) in [5.41, 5.74) is 1.75. The minimum atomic E-state index is -2.67. The van der Waals surface area contributed by atoms with Crippen LogP contribution < -0.4 is 5.46 Å². The first-order valence-electron chi connectivity index (χ1n) is 9.59. The van der Waals surface area contributed by atoms with Crippen molar-refractivity contribution in [3.8, 4) is 11.3 Å². The van der Waals surface area contributed by atoms with Gasteiger partial charge in [0.05, 0.1) is 22.4 Å². The quantitative estimate of drug-likeness (QED) is 0.595. The maximum Gasteiger partial charge on any atom is 0.495 e. The number of pyridine rings is 2. The molecule has 0 unspecified atom stereocenters. The number of hydrogen-bond acceptors (Lipinski definition) is 4. The smallest absolute Gasteiger partial charge is 0.399 e. The minimum absolute atomic E-state index is 0.132. The summed E-state index contributed by atoms with van der Waals surface area (Å²) in [7, 11) is -0.650. The van der Waals surface area contributed by atoms with Gasteiger partial charge in [-0.3, -0.25) is 4.98 Å². The first kappa shape index (κ1) is 19.9. The fraction of sp³-hybridized carbons (Fsp3) is 0.364. The second kappa shape index (κ2) is 6.85. The van der Waals surface area contributed by atoms with Crippen LogP contribution in [0, 0.1) is 6.92 Å². The Kier molecular flexibility index (Phi) is 4.71. The number of alkyl halides is 2. The predicted octanol–water partition coefficient (Wildman–Crippen LogP) is 4.84. The molecule has 0 radical (unpaired) electrons. The summed E-state index contributed by atoms with van der Waals surface area (Å²) in [6, 6.07) is 10.5. The van der Waals surface area contributed by atoms with Gasteiger partial charge in [-0.15, -0.1) is 0 Å². The fourth-order valence-electron chi connectivity index (χ4n) is 3.42. The molecule has 0 bridgehead atoms. The Morgan fingerprint density at radius 2 is 1.69 bits per heavy atom. The molecule has 0 saturated carbocycles. The molecule has 4 nitrogen and oxygen atoms in total. The van der Waals surface area contributed by atoms with Crippen molar-refractivity contribution < 1.29 is 18.1 Å². The van der Waals surface area contributed by atoms with Crippen molar-refractivity contribution in [2.24, 2.45) is 0 Å². The molecule has 3 aromatic rings. The number of halogens is 2. The van der Waals surface area contributed by atoms with E-state index in [1.165, 1.54) is 6.07 Å². The van der Waals surface area contributed by atoms with Gasteiger partial charge in [0.1, 0.15) is 0 Å². The Balaban J connectivity index is 1.88. The molecule has 1 fully saturated rings. The SMILES string of the molecule is Cc1ccc(-c2nc3cccc(B4OC(C)(C)C(C)(C)O4)c3cc2C(F)F)cn1. The van der Waals surface area contributed by atoms with Crippen LogP contribution in [0.1, 0.15) is 45.4 Å². The number of benzene rings is 1. The largest absolute Gasteiger partial charge is 0.495 e. The van der Waals surface area contributed by atoms with Crippen LogP contribution in [0.25, 0.3) is 22.2 Å². The average molecular weight is 396 g/mol. The monoisotopic (exact) mass is 396 g/mol. The van der Waals surface area contributed by atoms with E-state index in [1.807, 2.05) is 52.8 Å². The van der Waals surface area contributed by atoms with Crippen LogP contribution in [-0.4, -0.2) is 28.3 Å². The lowest BCUT2D eigenvalue weighted by Crippen LogP contribution is -2.41. The maximum absolute atomic E-state index is 14.0. The van der Waals surface area contributed by atoms with E-state index in [-0.39, 0.29) is 11.3 Å². The summed E-state index contributed by atoms with van der Waals surface area (Å²) >= 11 is 0. The van der Waals surface area contributed by atoms with Gasteiger partial charge < -0.3 is 9.31 Å². The first-order chi connectivity index (χ1) is 13.6. The van der Waals surface area contributed by atoms with Crippen molar-refractivity contribution in [2.45, 2.75) is 52.2 Å². The topological polar surface area (TPSA) is 44.2 Å². The normalized spacial score (nSPS) is 18.0. The van der Waals surface area contributed by atoms with Crippen molar-refractivity contribution in [2.75, 3.05) is 0 Å². The van der Waals surface area contributed by atoms with Crippen LogP contribution in [0.15, 0.2) is 42.6 Å². The summed E-state index contributed by atoms with van der Waals surface area (Å²) in [4.78, 5) is 8.79. The Hall–Kier alpha value is -2.38. The van der Waals surface area contributed by atoms with Gasteiger partial charge in [0, 0.05) is 28.4 Å².